The molecule has 0 unspecified atom stereocenters. The maximum Gasteiger partial charge on any atom is 0.135 e. The van der Waals surface area contributed by atoms with E-state index in [1.807, 2.05) is 96.7 Å². The molecule has 0 spiro atoms. The summed E-state index contributed by atoms with van der Waals surface area (Å²) in [7, 11) is 1.98. The summed E-state index contributed by atoms with van der Waals surface area (Å²) in [5.41, 5.74) is 4.44. The monoisotopic (exact) mass is 691 g/mol. The molecule has 0 atom stereocenters. The van der Waals surface area contributed by atoms with E-state index in [1.165, 1.54) is 0 Å². The van der Waals surface area contributed by atoms with Gasteiger partial charge in [0.1, 0.15) is 5.82 Å². The number of rotatable bonds is 4. The van der Waals surface area contributed by atoms with E-state index in [9.17, 15) is 5.26 Å². The predicted octanol–water partition coefficient (Wildman–Crippen LogP) is 7.08. The van der Waals surface area contributed by atoms with Crippen molar-refractivity contribution in [3.63, 3.8) is 0 Å². The fraction of sp³-hybridized carbons (Fsp3) is 0.156. The van der Waals surface area contributed by atoms with E-state index in [4.69, 9.17) is 9.72 Å². The van der Waals surface area contributed by atoms with E-state index in [2.05, 4.69) is 49.6 Å². The summed E-state index contributed by atoms with van der Waals surface area (Å²) in [6.45, 7) is 8.49. The minimum absolute atomic E-state index is 0. The van der Waals surface area contributed by atoms with Gasteiger partial charge in [0.05, 0.1) is 11.6 Å². The summed E-state index contributed by atoms with van der Waals surface area (Å²) in [5, 5.41) is 11.5. The number of aromatic nitrogens is 2. The average Bonchev–Trinajstić information content (AvgIpc) is 3.49. The fourth-order valence-electron chi connectivity index (χ4n) is 4.61. The first-order valence-corrected chi connectivity index (χ1v) is 12.4. The Morgan fingerprint density at radius 3 is 2.46 bits per heavy atom. The maximum absolute atomic E-state index is 9.51. The molecule has 3 heterocycles. The van der Waals surface area contributed by atoms with Crippen molar-refractivity contribution in [2.45, 2.75) is 26.2 Å². The molecule has 5 aromatic rings. The number of hydrogen-bond donors (Lipinski definition) is 0. The summed E-state index contributed by atoms with van der Waals surface area (Å²) in [5.74, 6) is 1.95. The maximum atomic E-state index is 9.51. The van der Waals surface area contributed by atoms with Crippen molar-refractivity contribution in [3.05, 3.63) is 109 Å². The van der Waals surface area contributed by atoms with E-state index >= 15 is 0 Å². The largest absolute Gasteiger partial charge is 0.510 e. The Balaban J connectivity index is 0.00000308. The van der Waals surface area contributed by atoms with Crippen molar-refractivity contribution in [1.29, 1.82) is 5.26 Å². The predicted molar refractivity (Wildman–Crippen MR) is 150 cm³/mol. The van der Waals surface area contributed by atoms with Crippen LogP contribution in [0.15, 0.2) is 79.3 Å². The van der Waals surface area contributed by atoms with Gasteiger partial charge in [-0.2, -0.15) is 24.1 Å². The molecule has 39 heavy (non-hydrogen) atoms. The van der Waals surface area contributed by atoms with Crippen LogP contribution in [0.1, 0.15) is 31.9 Å². The van der Waals surface area contributed by atoms with Gasteiger partial charge in [-0.15, -0.1) is 41.4 Å². The van der Waals surface area contributed by atoms with Crippen LogP contribution in [0.4, 0.5) is 5.69 Å². The fourth-order valence-corrected chi connectivity index (χ4v) is 4.61. The second-order valence-corrected chi connectivity index (χ2v) is 10.4. The molecule has 1 aliphatic heterocycles. The molecule has 0 saturated carbocycles. The second-order valence-electron chi connectivity index (χ2n) is 10.4. The average molecular weight is 692 g/mol. The molecule has 7 heteroatoms. The number of fused-ring (bicyclic) bond motifs is 3. The number of nitrogens with zero attached hydrogens (tertiary/aromatic N) is 5. The summed E-state index contributed by atoms with van der Waals surface area (Å²) >= 11 is 0. The summed E-state index contributed by atoms with van der Waals surface area (Å²) in [6.07, 6.45) is 5.88. The van der Waals surface area contributed by atoms with Crippen molar-refractivity contribution in [2.75, 3.05) is 11.9 Å². The van der Waals surface area contributed by atoms with Gasteiger partial charge in [0.15, 0.2) is 0 Å². The Hall–Kier alpha value is -4.07. The van der Waals surface area contributed by atoms with E-state index in [-0.39, 0.29) is 26.5 Å². The third-order valence-corrected chi connectivity index (χ3v) is 6.64. The van der Waals surface area contributed by atoms with Crippen LogP contribution in [0.2, 0.25) is 0 Å². The number of benzene rings is 3. The Labute approximate surface area is 243 Å². The van der Waals surface area contributed by atoms with Crippen LogP contribution in [-0.2, 0) is 26.5 Å². The Morgan fingerprint density at radius 1 is 0.949 bits per heavy atom. The summed E-state index contributed by atoms with van der Waals surface area (Å²) in [4.78, 5) is 8.77. The van der Waals surface area contributed by atoms with E-state index < -0.39 is 0 Å². The van der Waals surface area contributed by atoms with Gasteiger partial charge in [-0.1, -0.05) is 32.4 Å². The van der Waals surface area contributed by atoms with Crippen LogP contribution in [0, 0.1) is 30.1 Å². The zero-order valence-corrected chi connectivity index (χ0v) is 24.3. The van der Waals surface area contributed by atoms with Gasteiger partial charge >= 0.3 is 0 Å². The van der Waals surface area contributed by atoms with E-state index in [1.54, 1.807) is 0 Å². The Kier molecular flexibility index (Phi) is 6.97. The van der Waals surface area contributed by atoms with Crippen molar-refractivity contribution in [2.24, 2.45) is 0 Å². The van der Waals surface area contributed by atoms with Gasteiger partial charge in [-0.25, -0.2) is 4.98 Å². The first kappa shape index (κ1) is 26.5. The zero-order valence-electron chi connectivity index (χ0n) is 22.0. The molecule has 0 bridgehead atoms. The van der Waals surface area contributed by atoms with Crippen LogP contribution in [0.25, 0.3) is 27.6 Å². The van der Waals surface area contributed by atoms with Gasteiger partial charge in [0.2, 0.25) is 0 Å². The molecule has 3 aromatic carbocycles. The molecule has 6 rings (SSSR count). The molecule has 1 aliphatic rings. The number of hydrogen-bond acceptors (Lipinski definition) is 5. The zero-order chi connectivity index (χ0) is 26.4. The molecule has 198 valence electrons. The molecular formula is C32H26N5OPt-3. The third kappa shape index (κ3) is 5.03. The molecule has 0 radical (unpaired) electrons. The second kappa shape index (κ2) is 10.2. The topological polar surface area (TPSA) is 57.3 Å². The number of pyridine rings is 1. The molecule has 0 fully saturated rings. The SMILES string of the molecule is CN1C=CN(c2[c-]c(Oc3[c-]c4c(cc3)c3cc(C#N)ccc3n4-c3ccc(C(C)(C)C)cn3)ccc2)[CH-]1.[Pt]. The molecular weight excluding hydrogens is 665 g/mol. The molecule has 2 aromatic heterocycles. The van der Waals surface area contributed by atoms with E-state index in [0.29, 0.717) is 17.1 Å². The van der Waals surface area contributed by atoms with Crippen LogP contribution < -0.4 is 9.64 Å². The van der Waals surface area contributed by atoms with Crippen molar-refractivity contribution in [3.8, 4) is 23.4 Å². The molecule has 0 aliphatic carbocycles. The molecule has 6 nitrogen and oxygen atoms in total. The van der Waals surface area contributed by atoms with Gasteiger partial charge in [-0.3, -0.25) is 0 Å². The third-order valence-electron chi connectivity index (χ3n) is 6.64. The normalized spacial score (nSPS) is 13.1. The number of anilines is 1. The quantitative estimate of drug-likeness (QED) is 0.189. The first-order valence-electron chi connectivity index (χ1n) is 12.4. The first-order chi connectivity index (χ1) is 18.3. The van der Waals surface area contributed by atoms with Crippen molar-refractivity contribution in [1.82, 2.24) is 14.5 Å². The molecule has 0 N–H and O–H groups in total. The van der Waals surface area contributed by atoms with Crippen LogP contribution in [-0.4, -0.2) is 21.5 Å². The summed E-state index contributed by atoms with van der Waals surface area (Å²) in [6, 6.07) is 28.6. The standard InChI is InChI=1S/C32H26N5O.Pt/c1-32(2,3)23-9-13-31(34-20-23)37-29-12-8-22(19-33)16-28(29)27-11-10-26(18-30(27)37)38-25-7-5-6-24(17-25)36-15-14-35(4)21-36;/h5-16,20-21H,1-4H3;/q-3;. The van der Waals surface area contributed by atoms with Crippen LogP contribution >= 0.6 is 0 Å². The van der Waals surface area contributed by atoms with Crippen molar-refractivity contribution >= 4 is 27.5 Å². The smallest absolute Gasteiger partial charge is 0.135 e. The van der Waals surface area contributed by atoms with E-state index in [0.717, 1.165) is 38.9 Å². The van der Waals surface area contributed by atoms with Gasteiger partial charge < -0.3 is 19.1 Å². The minimum Gasteiger partial charge on any atom is -0.510 e. The number of nitriles is 1. The number of ether oxygens (including phenoxy) is 1. The molecule has 0 amide bonds. The van der Waals surface area contributed by atoms with Crippen LogP contribution in [0.5, 0.6) is 11.5 Å². The Morgan fingerprint density at radius 2 is 1.77 bits per heavy atom. The van der Waals surface area contributed by atoms with Crippen LogP contribution in [0.3, 0.4) is 0 Å². The van der Waals surface area contributed by atoms with Gasteiger partial charge in [-0.05, 0) is 60.1 Å². The Bertz CT molecular complexity index is 1740. The van der Waals surface area contributed by atoms with Gasteiger partial charge in [0, 0.05) is 44.3 Å². The van der Waals surface area contributed by atoms with Crippen molar-refractivity contribution < 1.29 is 25.8 Å². The summed E-state index contributed by atoms with van der Waals surface area (Å²) < 4.78 is 8.31. The molecule has 0 saturated heterocycles. The van der Waals surface area contributed by atoms with Gasteiger partial charge in [0.25, 0.3) is 0 Å². The minimum atomic E-state index is 0.